The molecule has 0 saturated carbocycles. The maximum Gasteiger partial charge on any atom is 0.211 e. The zero-order valence-electron chi connectivity index (χ0n) is 9.56. The van der Waals surface area contributed by atoms with Crippen LogP contribution in [0.15, 0.2) is 0 Å². The first-order chi connectivity index (χ1) is 6.84. The first kappa shape index (κ1) is 12.6. The van der Waals surface area contributed by atoms with Crippen molar-refractivity contribution in [1.29, 1.82) is 0 Å². The molecule has 1 rings (SSSR count). The van der Waals surface area contributed by atoms with Gasteiger partial charge in [0.25, 0.3) is 0 Å². The average Bonchev–Trinajstić information content (AvgIpc) is 2.15. The maximum absolute atomic E-state index is 11.8. The standard InChI is InChI=1S/C10H19NO3S/c1-8(2)10(12)9-6-4-5-7-11(9)15(3,13)14/h8-9H,4-7H2,1-3H3/t9-/m0/s1. The van der Waals surface area contributed by atoms with Gasteiger partial charge in [0.1, 0.15) is 0 Å². The first-order valence-electron chi connectivity index (χ1n) is 5.34. The minimum atomic E-state index is -3.24. The van der Waals surface area contributed by atoms with Crippen molar-refractivity contribution in [3.63, 3.8) is 0 Å². The largest absolute Gasteiger partial charge is 0.298 e. The lowest BCUT2D eigenvalue weighted by atomic mass is 9.95. The molecule has 0 aliphatic carbocycles. The predicted molar refractivity (Wildman–Crippen MR) is 59.0 cm³/mol. The number of carbonyl (C=O) groups is 1. The summed E-state index contributed by atoms with van der Waals surface area (Å²) in [6.07, 6.45) is 3.65. The summed E-state index contributed by atoms with van der Waals surface area (Å²) in [4.78, 5) is 11.8. The zero-order valence-corrected chi connectivity index (χ0v) is 10.4. The molecule has 0 spiro atoms. The Morgan fingerprint density at radius 1 is 1.33 bits per heavy atom. The topological polar surface area (TPSA) is 54.5 Å². The Labute approximate surface area is 91.7 Å². The Morgan fingerprint density at radius 2 is 1.93 bits per heavy atom. The molecule has 0 aromatic heterocycles. The third-order valence-electron chi connectivity index (χ3n) is 2.78. The van der Waals surface area contributed by atoms with Crippen molar-refractivity contribution < 1.29 is 13.2 Å². The SMILES string of the molecule is CC(C)C(=O)[C@@H]1CCCCN1S(C)(=O)=O. The molecule has 88 valence electrons. The fraction of sp³-hybridized carbons (Fsp3) is 0.900. The molecule has 1 atom stereocenters. The number of Topliss-reactive ketones (excluding diaryl/α,β-unsaturated/α-hetero) is 1. The normalized spacial score (nSPS) is 24.4. The minimum absolute atomic E-state index is 0.0418. The molecule has 0 aromatic carbocycles. The van der Waals surface area contributed by atoms with Crippen molar-refractivity contribution in [2.45, 2.75) is 39.2 Å². The van der Waals surface area contributed by atoms with Crippen LogP contribution in [-0.2, 0) is 14.8 Å². The van der Waals surface area contributed by atoms with Crippen LogP contribution in [0.3, 0.4) is 0 Å². The summed E-state index contributed by atoms with van der Waals surface area (Å²) in [6, 6.07) is -0.422. The highest BCUT2D eigenvalue weighted by molar-refractivity contribution is 7.88. The molecular formula is C10H19NO3S. The van der Waals surface area contributed by atoms with Gasteiger partial charge in [0.2, 0.25) is 10.0 Å². The van der Waals surface area contributed by atoms with Gasteiger partial charge in [0.05, 0.1) is 12.3 Å². The van der Waals surface area contributed by atoms with Crippen molar-refractivity contribution in [1.82, 2.24) is 4.31 Å². The number of sulfonamides is 1. The second-order valence-corrected chi connectivity index (χ2v) is 6.38. The quantitative estimate of drug-likeness (QED) is 0.731. The summed E-state index contributed by atoms with van der Waals surface area (Å²) in [6.45, 7) is 4.12. The molecule has 4 nitrogen and oxygen atoms in total. The van der Waals surface area contributed by atoms with E-state index in [9.17, 15) is 13.2 Å². The van der Waals surface area contributed by atoms with Gasteiger partial charge >= 0.3 is 0 Å². The van der Waals surface area contributed by atoms with Gasteiger partial charge in [-0.2, -0.15) is 4.31 Å². The number of hydrogen-bond acceptors (Lipinski definition) is 3. The molecule has 0 amide bonds. The van der Waals surface area contributed by atoms with Crippen LogP contribution in [0.4, 0.5) is 0 Å². The molecule has 15 heavy (non-hydrogen) atoms. The van der Waals surface area contributed by atoms with E-state index >= 15 is 0 Å². The van der Waals surface area contributed by atoms with E-state index in [2.05, 4.69) is 0 Å². The van der Waals surface area contributed by atoms with E-state index in [-0.39, 0.29) is 11.7 Å². The van der Waals surface area contributed by atoms with Gasteiger partial charge in [-0.15, -0.1) is 0 Å². The van der Waals surface area contributed by atoms with Crippen LogP contribution >= 0.6 is 0 Å². The van der Waals surface area contributed by atoms with Crippen LogP contribution < -0.4 is 0 Å². The summed E-state index contributed by atoms with van der Waals surface area (Å²) >= 11 is 0. The Balaban J connectivity index is 2.89. The van der Waals surface area contributed by atoms with Gasteiger partial charge in [0, 0.05) is 12.5 Å². The first-order valence-corrected chi connectivity index (χ1v) is 7.19. The molecule has 0 unspecified atom stereocenters. The summed E-state index contributed by atoms with van der Waals surface area (Å²) in [5.74, 6) is -0.0579. The Morgan fingerprint density at radius 3 is 2.40 bits per heavy atom. The molecule has 0 radical (unpaired) electrons. The molecule has 1 saturated heterocycles. The van der Waals surface area contributed by atoms with Gasteiger partial charge in [-0.25, -0.2) is 8.42 Å². The molecule has 1 fully saturated rings. The van der Waals surface area contributed by atoms with Crippen LogP contribution in [0.5, 0.6) is 0 Å². The highest BCUT2D eigenvalue weighted by Crippen LogP contribution is 2.22. The molecule has 0 N–H and O–H groups in total. The summed E-state index contributed by atoms with van der Waals surface area (Å²) < 4.78 is 24.4. The number of rotatable bonds is 3. The third-order valence-corrected chi connectivity index (χ3v) is 4.07. The number of hydrogen-bond donors (Lipinski definition) is 0. The van der Waals surface area contributed by atoms with Crippen molar-refractivity contribution in [3.8, 4) is 0 Å². The van der Waals surface area contributed by atoms with Gasteiger partial charge < -0.3 is 0 Å². The van der Waals surface area contributed by atoms with Crippen molar-refractivity contribution in [3.05, 3.63) is 0 Å². The maximum atomic E-state index is 11.8. The Bertz CT molecular complexity index is 335. The molecule has 0 bridgehead atoms. The predicted octanol–water partition coefficient (Wildman–Crippen LogP) is 1.03. The van der Waals surface area contributed by atoms with Crippen LogP contribution in [0.2, 0.25) is 0 Å². The number of nitrogens with zero attached hydrogens (tertiary/aromatic N) is 1. The van der Waals surface area contributed by atoms with Crippen molar-refractivity contribution >= 4 is 15.8 Å². The van der Waals surface area contributed by atoms with E-state index in [1.165, 1.54) is 10.6 Å². The Hall–Kier alpha value is -0.420. The highest BCUT2D eigenvalue weighted by atomic mass is 32.2. The van der Waals surface area contributed by atoms with E-state index in [0.29, 0.717) is 13.0 Å². The monoisotopic (exact) mass is 233 g/mol. The Kier molecular flexibility index (Phi) is 3.89. The van der Waals surface area contributed by atoms with Crippen molar-refractivity contribution in [2.24, 2.45) is 5.92 Å². The summed E-state index contributed by atoms with van der Waals surface area (Å²) in [5, 5.41) is 0. The van der Waals surface area contributed by atoms with Gasteiger partial charge in [0.15, 0.2) is 5.78 Å². The third kappa shape index (κ3) is 3.01. The van der Waals surface area contributed by atoms with Crippen LogP contribution in [0.1, 0.15) is 33.1 Å². The molecular weight excluding hydrogens is 214 g/mol. The number of ketones is 1. The van der Waals surface area contributed by atoms with E-state index < -0.39 is 16.1 Å². The van der Waals surface area contributed by atoms with Crippen LogP contribution in [-0.4, -0.2) is 37.3 Å². The molecule has 1 aliphatic rings. The average molecular weight is 233 g/mol. The van der Waals surface area contributed by atoms with E-state index in [0.717, 1.165) is 12.8 Å². The minimum Gasteiger partial charge on any atom is -0.298 e. The van der Waals surface area contributed by atoms with Crippen LogP contribution in [0.25, 0.3) is 0 Å². The van der Waals surface area contributed by atoms with E-state index in [4.69, 9.17) is 0 Å². The van der Waals surface area contributed by atoms with Crippen LogP contribution in [0, 0.1) is 5.92 Å². The lowest BCUT2D eigenvalue weighted by Crippen LogP contribution is -2.48. The summed E-state index contributed by atoms with van der Waals surface area (Å²) in [5.41, 5.74) is 0. The van der Waals surface area contributed by atoms with E-state index in [1.54, 1.807) is 0 Å². The smallest absolute Gasteiger partial charge is 0.211 e. The van der Waals surface area contributed by atoms with Gasteiger partial charge in [-0.05, 0) is 12.8 Å². The zero-order chi connectivity index (χ0) is 11.6. The number of carbonyl (C=O) groups excluding carboxylic acids is 1. The lowest BCUT2D eigenvalue weighted by Gasteiger charge is -2.33. The second kappa shape index (κ2) is 4.61. The summed E-state index contributed by atoms with van der Waals surface area (Å²) in [7, 11) is -3.24. The fourth-order valence-corrected chi connectivity index (χ4v) is 3.10. The van der Waals surface area contributed by atoms with Crippen molar-refractivity contribution in [2.75, 3.05) is 12.8 Å². The lowest BCUT2D eigenvalue weighted by molar-refractivity contribution is -0.126. The molecule has 1 heterocycles. The second-order valence-electron chi connectivity index (χ2n) is 4.44. The molecule has 5 heteroatoms. The number of piperidine rings is 1. The van der Waals surface area contributed by atoms with E-state index in [1.807, 2.05) is 13.8 Å². The molecule has 1 aliphatic heterocycles. The molecule has 0 aromatic rings. The highest BCUT2D eigenvalue weighted by Gasteiger charge is 2.34. The fourth-order valence-electron chi connectivity index (χ4n) is 1.97. The van der Waals surface area contributed by atoms with Gasteiger partial charge in [-0.3, -0.25) is 4.79 Å². The van der Waals surface area contributed by atoms with Gasteiger partial charge in [-0.1, -0.05) is 20.3 Å².